The summed E-state index contributed by atoms with van der Waals surface area (Å²) in [6.07, 6.45) is 0.0179. The number of nitrogens with one attached hydrogen (secondary N) is 2. The molecule has 2 amide bonds. The molecule has 0 aliphatic carbocycles. The number of carbonyl (C=O) groups excluding carboxylic acids is 2. The molecule has 0 bridgehead atoms. The van der Waals surface area contributed by atoms with Crippen LogP contribution < -0.4 is 16.2 Å². The molecule has 168 valence electrons. The van der Waals surface area contributed by atoms with Gasteiger partial charge in [-0.3, -0.25) is 14.4 Å². The molecule has 0 aliphatic rings. The van der Waals surface area contributed by atoms with Crippen LogP contribution in [0.1, 0.15) is 33.6 Å². The van der Waals surface area contributed by atoms with Crippen LogP contribution in [0.3, 0.4) is 0 Å². The Kier molecular flexibility index (Phi) is 6.32. The van der Waals surface area contributed by atoms with Crippen molar-refractivity contribution in [1.82, 2.24) is 14.8 Å². The predicted octanol–water partition coefficient (Wildman–Crippen LogP) is 4.06. The van der Waals surface area contributed by atoms with E-state index in [9.17, 15) is 14.4 Å². The third kappa shape index (κ3) is 5.32. The van der Waals surface area contributed by atoms with Gasteiger partial charge < -0.3 is 10.6 Å². The highest BCUT2D eigenvalue weighted by Gasteiger charge is 2.13. The average molecular weight is 462 g/mol. The molecule has 2 heterocycles. The number of aromatic nitrogens is 3. The molecule has 0 atom stereocenters. The molecular weight excluding hydrogens is 438 g/mol. The minimum atomic E-state index is -0.429. The number of amides is 2. The number of rotatable bonds is 6. The number of carbonyl (C=O) groups is 2. The first-order valence-corrected chi connectivity index (χ1v) is 11.2. The number of thiazole rings is 1. The first-order chi connectivity index (χ1) is 15.8. The van der Waals surface area contributed by atoms with Crippen LogP contribution in [0.2, 0.25) is 0 Å². The van der Waals surface area contributed by atoms with E-state index >= 15 is 0 Å². The Morgan fingerprint density at radius 2 is 1.79 bits per heavy atom. The van der Waals surface area contributed by atoms with Gasteiger partial charge in [-0.05, 0) is 67.8 Å². The van der Waals surface area contributed by atoms with Gasteiger partial charge in [0.15, 0.2) is 5.13 Å². The van der Waals surface area contributed by atoms with Gasteiger partial charge in [-0.1, -0.05) is 23.5 Å². The maximum atomic E-state index is 12.6. The van der Waals surface area contributed by atoms with Crippen LogP contribution in [-0.2, 0) is 11.3 Å². The van der Waals surface area contributed by atoms with Crippen LogP contribution in [0.4, 0.5) is 10.8 Å². The van der Waals surface area contributed by atoms with Gasteiger partial charge in [-0.2, -0.15) is 5.10 Å². The van der Waals surface area contributed by atoms with Crippen molar-refractivity contribution in [2.24, 2.45) is 0 Å². The van der Waals surface area contributed by atoms with Crippen molar-refractivity contribution >= 4 is 44.2 Å². The van der Waals surface area contributed by atoms with E-state index in [1.807, 2.05) is 57.2 Å². The molecule has 0 saturated heterocycles. The summed E-state index contributed by atoms with van der Waals surface area (Å²) in [7, 11) is 0. The van der Waals surface area contributed by atoms with E-state index in [-0.39, 0.29) is 30.1 Å². The summed E-state index contributed by atoms with van der Waals surface area (Å²) < 4.78 is 2.11. The first-order valence-electron chi connectivity index (χ1n) is 10.4. The van der Waals surface area contributed by atoms with Crippen LogP contribution in [0, 0.1) is 20.8 Å². The molecule has 2 aromatic carbocycles. The maximum absolute atomic E-state index is 12.6. The van der Waals surface area contributed by atoms with Crippen molar-refractivity contribution in [3.05, 3.63) is 81.3 Å². The van der Waals surface area contributed by atoms with Crippen LogP contribution >= 0.6 is 11.3 Å². The summed E-state index contributed by atoms with van der Waals surface area (Å²) >= 11 is 1.39. The van der Waals surface area contributed by atoms with Gasteiger partial charge in [-0.15, -0.1) is 0 Å². The molecule has 33 heavy (non-hydrogen) atoms. The lowest BCUT2D eigenvalue weighted by Crippen LogP contribution is -2.28. The average Bonchev–Trinajstić information content (AvgIpc) is 3.16. The SMILES string of the molecule is Cc1ccc2nc(NC(=O)CCn3nc(C(=O)Nc4ccc(C)c(C)c4)ccc3=O)sc2c1. The van der Waals surface area contributed by atoms with E-state index in [4.69, 9.17) is 0 Å². The molecule has 0 aliphatic heterocycles. The second-order valence-corrected chi connectivity index (χ2v) is 8.85. The number of anilines is 2. The fraction of sp³-hybridized carbons (Fsp3) is 0.208. The summed E-state index contributed by atoms with van der Waals surface area (Å²) in [5.74, 6) is -0.717. The minimum Gasteiger partial charge on any atom is -0.321 e. The topological polar surface area (TPSA) is 106 Å². The maximum Gasteiger partial charge on any atom is 0.276 e. The summed E-state index contributed by atoms with van der Waals surface area (Å²) in [5, 5.41) is 10.2. The van der Waals surface area contributed by atoms with Crippen LogP contribution in [0.25, 0.3) is 10.2 Å². The molecule has 0 saturated carbocycles. The predicted molar refractivity (Wildman–Crippen MR) is 130 cm³/mol. The molecule has 2 aromatic heterocycles. The van der Waals surface area contributed by atoms with Gasteiger partial charge in [0.1, 0.15) is 5.69 Å². The summed E-state index contributed by atoms with van der Waals surface area (Å²) in [5.41, 5.74) is 4.47. The van der Waals surface area contributed by atoms with Gasteiger partial charge in [-0.25, -0.2) is 9.67 Å². The highest BCUT2D eigenvalue weighted by Crippen LogP contribution is 2.26. The lowest BCUT2D eigenvalue weighted by atomic mass is 10.1. The number of nitrogens with zero attached hydrogens (tertiary/aromatic N) is 3. The molecule has 4 aromatic rings. The fourth-order valence-corrected chi connectivity index (χ4v) is 4.20. The lowest BCUT2D eigenvalue weighted by Gasteiger charge is -2.09. The zero-order valence-electron chi connectivity index (χ0n) is 18.5. The quantitative estimate of drug-likeness (QED) is 0.450. The van der Waals surface area contributed by atoms with Gasteiger partial charge in [0, 0.05) is 18.2 Å². The largest absolute Gasteiger partial charge is 0.321 e. The molecular formula is C24H23N5O3S. The van der Waals surface area contributed by atoms with E-state index in [0.29, 0.717) is 10.8 Å². The Bertz CT molecular complexity index is 1420. The molecule has 8 nitrogen and oxygen atoms in total. The number of hydrogen-bond donors (Lipinski definition) is 2. The monoisotopic (exact) mass is 461 g/mol. The van der Waals surface area contributed by atoms with Gasteiger partial charge >= 0.3 is 0 Å². The van der Waals surface area contributed by atoms with Crippen molar-refractivity contribution in [3.63, 3.8) is 0 Å². The number of hydrogen-bond acceptors (Lipinski definition) is 6. The van der Waals surface area contributed by atoms with Crippen molar-refractivity contribution in [2.45, 2.75) is 33.7 Å². The Hall–Kier alpha value is -3.85. The number of benzene rings is 2. The Balaban J connectivity index is 1.40. The smallest absolute Gasteiger partial charge is 0.276 e. The second kappa shape index (κ2) is 9.33. The van der Waals surface area contributed by atoms with Gasteiger partial charge in [0.25, 0.3) is 11.5 Å². The number of fused-ring (bicyclic) bond motifs is 1. The molecule has 2 N–H and O–H groups in total. The molecule has 9 heteroatoms. The Morgan fingerprint density at radius 1 is 0.970 bits per heavy atom. The summed E-state index contributed by atoms with van der Waals surface area (Å²) in [6.45, 7) is 5.99. The first kappa shape index (κ1) is 22.3. The third-order valence-corrected chi connectivity index (χ3v) is 6.14. The normalized spacial score (nSPS) is 10.9. The highest BCUT2D eigenvalue weighted by molar-refractivity contribution is 7.22. The third-order valence-electron chi connectivity index (χ3n) is 5.20. The Labute approximate surface area is 194 Å². The highest BCUT2D eigenvalue weighted by atomic mass is 32.1. The molecule has 0 fully saturated rings. The van der Waals surface area contributed by atoms with Crippen LogP contribution in [0.15, 0.2) is 53.3 Å². The van der Waals surface area contributed by atoms with Gasteiger partial charge in [0.2, 0.25) is 5.91 Å². The number of aryl methyl sites for hydroxylation is 4. The van der Waals surface area contributed by atoms with E-state index in [1.54, 1.807) is 0 Å². The Morgan fingerprint density at radius 3 is 2.58 bits per heavy atom. The van der Waals surface area contributed by atoms with Crippen LogP contribution in [0.5, 0.6) is 0 Å². The zero-order valence-corrected chi connectivity index (χ0v) is 19.3. The minimum absolute atomic E-state index is 0.0179. The summed E-state index contributed by atoms with van der Waals surface area (Å²) in [4.78, 5) is 41.6. The van der Waals surface area contributed by atoms with E-state index in [2.05, 4.69) is 20.7 Å². The van der Waals surface area contributed by atoms with E-state index in [1.165, 1.54) is 23.5 Å². The zero-order chi connectivity index (χ0) is 23.5. The molecule has 0 spiro atoms. The van der Waals surface area contributed by atoms with E-state index < -0.39 is 5.91 Å². The fourth-order valence-electron chi connectivity index (χ4n) is 3.22. The van der Waals surface area contributed by atoms with Crippen molar-refractivity contribution in [2.75, 3.05) is 10.6 Å². The molecule has 4 rings (SSSR count). The van der Waals surface area contributed by atoms with Gasteiger partial charge in [0.05, 0.1) is 16.8 Å². The van der Waals surface area contributed by atoms with E-state index in [0.717, 1.165) is 31.6 Å². The summed E-state index contributed by atoms with van der Waals surface area (Å²) in [6, 6.07) is 14.1. The van der Waals surface area contributed by atoms with Crippen molar-refractivity contribution < 1.29 is 9.59 Å². The lowest BCUT2D eigenvalue weighted by molar-refractivity contribution is -0.116. The molecule has 0 unspecified atom stereocenters. The second-order valence-electron chi connectivity index (χ2n) is 7.82. The van der Waals surface area contributed by atoms with Crippen LogP contribution in [-0.4, -0.2) is 26.6 Å². The van der Waals surface area contributed by atoms with Crippen molar-refractivity contribution in [3.8, 4) is 0 Å². The standard InChI is InChI=1S/C24H23N5O3S/c1-14-4-7-18-20(12-14)33-24(26-18)27-21(30)10-11-29-22(31)9-8-19(28-29)23(32)25-17-6-5-15(2)16(3)13-17/h4-9,12-13H,10-11H2,1-3H3,(H,25,32)(H,26,27,30). The van der Waals surface area contributed by atoms with Crippen molar-refractivity contribution in [1.29, 1.82) is 0 Å². The molecule has 0 radical (unpaired) electrons.